The van der Waals surface area contributed by atoms with Crippen LogP contribution in [0.25, 0.3) is 0 Å². The van der Waals surface area contributed by atoms with Crippen molar-refractivity contribution in [1.29, 1.82) is 0 Å². The van der Waals surface area contributed by atoms with Crippen LogP contribution in [0.3, 0.4) is 0 Å². The van der Waals surface area contributed by atoms with Gasteiger partial charge in [0.2, 0.25) is 0 Å². The molecule has 0 aliphatic heterocycles. The molecule has 0 amide bonds. The van der Waals surface area contributed by atoms with Crippen LogP contribution in [0.4, 0.5) is 8.78 Å². The quantitative estimate of drug-likeness (QED) is 0.596. The molecule has 0 spiro atoms. The third kappa shape index (κ3) is 1.45. The molecule has 0 heterocycles. The van der Waals surface area contributed by atoms with Crippen molar-refractivity contribution in [1.82, 2.24) is 0 Å². The summed E-state index contributed by atoms with van der Waals surface area (Å²) in [5.74, 6) is -0.572. The normalized spacial score (nSPS) is 9.90. The maximum absolute atomic E-state index is 12.5. The van der Waals surface area contributed by atoms with Gasteiger partial charge in [0.05, 0.1) is 5.02 Å². The average molecular weight is 163 g/mol. The Morgan fingerprint density at radius 3 is 2.60 bits per heavy atom. The Morgan fingerprint density at radius 1 is 1.40 bits per heavy atom. The standard InChI is InChI=1S/C7H5ClF2/c8-6-2-1-5(4-9)3-7(6)10/h1-3H,4H2. The second kappa shape index (κ2) is 2.97. The van der Waals surface area contributed by atoms with Crippen molar-refractivity contribution in [2.45, 2.75) is 6.67 Å². The molecule has 0 bridgehead atoms. The molecule has 0 unspecified atom stereocenters. The Hall–Kier alpha value is -0.630. The Kier molecular flexibility index (Phi) is 2.22. The highest BCUT2D eigenvalue weighted by Gasteiger charge is 1.98. The van der Waals surface area contributed by atoms with Gasteiger partial charge in [0.15, 0.2) is 0 Å². The Morgan fingerprint density at radius 2 is 2.10 bits per heavy atom. The first-order valence-electron chi connectivity index (χ1n) is 2.74. The van der Waals surface area contributed by atoms with Gasteiger partial charge in [-0.25, -0.2) is 8.78 Å². The SMILES string of the molecule is FCc1ccc(Cl)c(F)c1. The van der Waals surface area contributed by atoms with Gasteiger partial charge < -0.3 is 0 Å². The number of hydrogen-bond acceptors (Lipinski definition) is 0. The van der Waals surface area contributed by atoms with E-state index in [9.17, 15) is 8.78 Å². The van der Waals surface area contributed by atoms with Crippen molar-refractivity contribution in [3.05, 3.63) is 34.6 Å². The molecule has 0 fully saturated rings. The van der Waals surface area contributed by atoms with E-state index in [1.165, 1.54) is 12.1 Å². The minimum Gasteiger partial charge on any atom is -0.246 e. The predicted molar refractivity (Wildman–Crippen MR) is 36.2 cm³/mol. The van der Waals surface area contributed by atoms with Crippen molar-refractivity contribution >= 4 is 11.6 Å². The second-order valence-corrected chi connectivity index (χ2v) is 2.29. The van der Waals surface area contributed by atoms with E-state index >= 15 is 0 Å². The van der Waals surface area contributed by atoms with Crippen LogP contribution in [0.2, 0.25) is 5.02 Å². The van der Waals surface area contributed by atoms with E-state index < -0.39 is 12.5 Å². The zero-order valence-corrected chi connectivity index (χ0v) is 5.83. The zero-order chi connectivity index (χ0) is 7.56. The van der Waals surface area contributed by atoms with Gasteiger partial charge in [-0.3, -0.25) is 0 Å². The fraction of sp³-hybridized carbons (Fsp3) is 0.143. The number of alkyl halides is 1. The van der Waals surface area contributed by atoms with E-state index in [-0.39, 0.29) is 5.02 Å². The Labute approximate surface area is 62.4 Å². The molecule has 0 aliphatic rings. The molecule has 1 aromatic rings. The lowest BCUT2D eigenvalue weighted by Gasteiger charge is -1.95. The van der Waals surface area contributed by atoms with Crippen molar-refractivity contribution in [3.63, 3.8) is 0 Å². The van der Waals surface area contributed by atoms with E-state index in [0.717, 1.165) is 6.07 Å². The van der Waals surface area contributed by atoms with Crippen molar-refractivity contribution in [2.24, 2.45) is 0 Å². The molecule has 54 valence electrons. The molecule has 0 atom stereocenters. The third-order valence-electron chi connectivity index (χ3n) is 1.14. The van der Waals surface area contributed by atoms with Crippen LogP contribution in [-0.2, 0) is 6.67 Å². The third-order valence-corrected chi connectivity index (χ3v) is 1.44. The summed E-state index contributed by atoms with van der Waals surface area (Å²) in [6.45, 7) is -0.659. The molecule has 1 rings (SSSR count). The van der Waals surface area contributed by atoms with Crippen LogP contribution >= 0.6 is 11.6 Å². The van der Waals surface area contributed by atoms with Crippen LogP contribution in [-0.4, -0.2) is 0 Å². The molecule has 0 saturated heterocycles. The molecule has 0 radical (unpaired) electrons. The van der Waals surface area contributed by atoms with E-state index in [0.29, 0.717) is 5.56 Å². The van der Waals surface area contributed by atoms with Gasteiger partial charge >= 0.3 is 0 Å². The molecule has 0 N–H and O–H groups in total. The largest absolute Gasteiger partial charge is 0.246 e. The van der Waals surface area contributed by atoms with E-state index in [4.69, 9.17) is 11.6 Å². The summed E-state index contributed by atoms with van der Waals surface area (Å²) < 4.78 is 24.3. The van der Waals surface area contributed by atoms with Crippen molar-refractivity contribution < 1.29 is 8.78 Å². The minimum atomic E-state index is -0.659. The van der Waals surface area contributed by atoms with Crippen molar-refractivity contribution in [2.75, 3.05) is 0 Å². The highest BCUT2D eigenvalue weighted by atomic mass is 35.5. The fourth-order valence-corrected chi connectivity index (χ4v) is 0.740. The average Bonchev–Trinajstić information content (AvgIpc) is 1.95. The number of hydrogen-bond donors (Lipinski definition) is 0. The first-order chi connectivity index (χ1) is 4.74. The van der Waals surface area contributed by atoms with Gasteiger partial charge in [-0.1, -0.05) is 17.7 Å². The smallest absolute Gasteiger partial charge is 0.142 e. The summed E-state index contributed by atoms with van der Waals surface area (Å²) in [5, 5.41) is 0.0252. The summed E-state index contributed by atoms with van der Waals surface area (Å²) in [5.41, 5.74) is 0.307. The topological polar surface area (TPSA) is 0 Å². The number of halogens is 3. The molecular weight excluding hydrogens is 158 g/mol. The van der Waals surface area contributed by atoms with Crippen LogP contribution in [0.5, 0.6) is 0 Å². The molecule has 0 aliphatic carbocycles. The van der Waals surface area contributed by atoms with Crippen molar-refractivity contribution in [3.8, 4) is 0 Å². The molecule has 0 saturated carbocycles. The summed E-state index contributed by atoms with van der Waals surface area (Å²) >= 11 is 5.34. The molecule has 1 aromatic carbocycles. The van der Waals surface area contributed by atoms with Crippen LogP contribution in [0.1, 0.15) is 5.56 Å². The minimum absolute atomic E-state index is 0.0252. The Bertz CT molecular complexity index is 235. The fourth-order valence-electron chi connectivity index (χ4n) is 0.623. The lowest BCUT2D eigenvalue weighted by Crippen LogP contribution is -1.81. The van der Waals surface area contributed by atoms with Gasteiger partial charge in [-0.05, 0) is 17.7 Å². The zero-order valence-electron chi connectivity index (χ0n) is 5.07. The van der Waals surface area contributed by atoms with Crippen LogP contribution in [0.15, 0.2) is 18.2 Å². The number of rotatable bonds is 1. The monoisotopic (exact) mass is 162 g/mol. The van der Waals surface area contributed by atoms with Gasteiger partial charge in [-0.2, -0.15) is 0 Å². The first kappa shape index (κ1) is 7.48. The summed E-state index contributed by atoms with van der Waals surface area (Å²) in [7, 11) is 0. The van der Waals surface area contributed by atoms with E-state index in [1.54, 1.807) is 0 Å². The summed E-state index contributed by atoms with van der Waals surface area (Å²) in [6.07, 6.45) is 0. The molecule has 0 nitrogen and oxygen atoms in total. The summed E-state index contributed by atoms with van der Waals surface area (Å²) in [4.78, 5) is 0. The van der Waals surface area contributed by atoms with Gasteiger partial charge in [0, 0.05) is 0 Å². The highest BCUT2D eigenvalue weighted by molar-refractivity contribution is 6.30. The lowest BCUT2D eigenvalue weighted by atomic mass is 10.2. The first-order valence-corrected chi connectivity index (χ1v) is 3.11. The maximum Gasteiger partial charge on any atom is 0.142 e. The van der Waals surface area contributed by atoms with Crippen LogP contribution in [0, 0.1) is 5.82 Å². The van der Waals surface area contributed by atoms with E-state index in [2.05, 4.69) is 0 Å². The second-order valence-electron chi connectivity index (χ2n) is 1.88. The molecule has 0 aromatic heterocycles. The van der Waals surface area contributed by atoms with Crippen LogP contribution < -0.4 is 0 Å². The molecule has 10 heavy (non-hydrogen) atoms. The number of benzene rings is 1. The molecular formula is C7H5ClF2. The van der Waals surface area contributed by atoms with Gasteiger partial charge in [0.25, 0.3) is 0 Å². The van der Waals surface area contributed by atoms with Gasteiger partial charge in [0.1, 0.15) is 12.5 Å². The maximum atomic E-state index is 12.5. The van der Waals surface area contributed by atoms with E-state index in [1.807, 2.05) is 0 Å². The lowest BCUT2D eigenvalue weighted by molar-refractivity contribution is 0.482. The van der Waals surface area contributed by atoms with Gasteiger partial charge in [-0.15, -0.1) is 0 Å². The Balaban J connectivity index is 3.04. The summed E-state index contributed by atoms with van der Waals surface area (Å²) in [6, 6.07) is 3.87. The molecule has 3 heteroatoms. The predicted octanol–water partition coefficient (Wildman–Crippen LogP) is 2.95. The highest BCUT2D eigenvalue weighted by Crippen LogP contribution is 2.15.